The zero-order valence-corrected chi connectivity index (χ0v) is 19.5. The second-order valence-electron chi connectivity index (χ2n) is 7.84. The van der Waals surface area contributed by atoms with Crippen molar-refractivity contribution in [2.45, 2.75) is 30.7 Å². The number of hydrogen-bond acceptors (Lipinski definition) is 7. The van der Waals surface area contributed by atoms with Gasteiger partial charge in [0.1, 0.15) is 5.69 Å². The summed E-state index contributed by atoms with van der Waals surface area (Å²) >= 11 is 7.57. The number of sulfonamides is 1. The van der Waals surface area contributed by atoms with E-state index in [0.29, 0.717) is 31.9 Å². The lowest BCUT2D eigenvalue weighted by Gasteiger charge is -2.35. The van der Waals surface area contributed by atoms with E-state index in [2.05, 4.69) is 4.90 Å². The number of piperazine rings is 1. The zero-order valence-electron chi connectivity index (χ0n) is 17.1. The molecule has 2 aliphatic rings. The summed E-state index contributed by atoms with van der Waals surface area (Å²) in [5.74, 6) is 0. The van der Waals surface area contributed by atoms with Crippen LogP contribution in [0.2, 0.25) is 4.34 Å². The van der Waals surface area contributed by atoms with Crippen molar-refractivity contribution in [2.75, 3.05) is 44.2 Å². The molecular weight excluding hydrogens is 460 g/mol. The predicted octanol–water partition coefficient (Wildman–Crippen LogP) is 3.81. The molecule has 31 heavy (non-hydrogen) atoms. The zero-order chi connectivity index (χ0) is 22.0. The van der Waals surface area contributed by atoms with Crippen LogP contribution in [-0.2, 0) is 16.6 Å². The highest BCUT2D eigenvalue weighted by Crippen LogP contribution is 2.33. The minimum absolute atomic E-state index is 0.00180. The predicted molar refractivity (Wildman–Crippen MR) is 123 cm³/mol. The van der Waals surface area contributed by atoms with Crippen LogP contribution in [0, 0.1) is 10.1 Å². The molecule has 0 aliphatic carbocycles. The molecule has 0 atom stereocenters. The Balaban J connectivity index is 1.49. The smallest absolute Gasteiger partial charge is 0.293 e. The van der Waals surface area contributed by atoms with Crippen LogP contribution in [0.4, 0.5) is 11.4 Å². The minimum atomic E-state index is -3.71. The van der Waals surface area contributed by atoms with Gasteiger partial charge in [0.2, 0.25) is 10.0 Å². The minimum Gasteiger partial charge on any atom is -0.363 e. The second kappa shape index (κ2) is 9.41. The summed E-state index contributed by atoms with van der Waals surface area (Å²) in [5.41, 5.74) is 0.318. The highest BCUT2D eigenvalue weighted by Gasteiger charge is 2.30. The molecule has 2 saturated heterocycles. The SMILES string of the molecule is O=[N+]([O-])c1cc(S(=O)(=O)N2CCCCC2)ccc1N1CCN(Cc2ccc(Cl)s2)CC1. The molecule has 2 fully saturated rings. The van der Waals surface area contributed by atoms with Crippen molar-refractivity contribution in [3.05, 3.63) is 49.7 Å². The van der Waals surface area contributed by atoms with Crippen molar-refractivity contribution in [3.63, 3.8) is 0 Å². The van der Waals surface area contributed by atoms with E-state index in [0.717, 1.165) is 43.2 Å². The van der Waals surface area contributed by atoms with Gasteiger partial charge in [-0.15, -0.1) is 11.3 Å². The van der Waals surface area contributed by atoms with Gasteiger partial charge >= 0.3 is 0 Å². The quantitative estimate of drug-likeness (QED) is 0.457. The van der Waals surface area contributed by atoms with Gasteiger partial charge in [-0.1, -0.05) is 18.0 Å². The molecule has 0 radical (unpaired) electrons. The van der Waals surface area contributed by atoms with Crippen LogP contribution < -0.4 is 4.90 Å². The van der Waals surface area contributed by atoms with Gasteiger partial charge in [0.25, 0.3) is 5.69 Å². The van der Waals surface area contributed by atoms with Gasteiger partial charge < -0.3 is 4.90 Å². The van der Waals surface area contributed by atoms with E-state index in [1.807, 2.05) is 17.0 Å². The van der Waals surface area contributed by atoms with Crippen molar-refractivity contribution < 1.29 is 13.3 Å². The molecule has 11 heteroatoms. The summed E-state index contributed by atoms with van der Waals surface area (Å²) in [7, 11) is -3.71. The van der Waals surface area contributed by atoms with Crippen LogP contribution in [0.3, 0.4) is 0 Å². The molecule has 1 aromatic carbocycles. The molecule has 3 heterocycles. The molecule has 4 rings (SSSR count). The Labute approximate surface area is 191 Å². The number of halogens is 1. The van der Waals surface area contributed by atoms with Gasteiger partial charge in [-0.25, -0.2) is 8.42 Å². The normalized spacial score (nSPS) is 18.9. The van der Waals surface area contributed by atoms with Crippen molar-refractivity contribution in [1.29, 1.82) is 0 Å². The van der Waals surface area contributed by atoms with Crippen LogP contribution in [0.25, 0.3) is 0 Å². The average molecular weight is 485 g/mol. The fourth-order valence-electron chi connectivity index (χ4n) is 4.14. The molecule has 0 bridgehead atoms. The molecule has 2 aromatic rings. The number of benzene rings is 1. The van der Waals surface area contributed by atoms with E-state index >= 15 is 0 Å². The van der Waals surface area contributed by atoms with Crippen LogP contribution in [0.1, 0.15) is 24.1 Å². The molecular formula is C20H25ClN4O4S2. The maximum Gasteiger partial charge on any atom is 0.293 e. The molecule has 0 spiro atoms. The van der Waals surface area contributed by atoms with E-state index in [4.69, 9.17) is 11.6 Å². The van der Waals surface area contributed by atoms with Crippen LogP contribution >= 0.6 is 22.9 Å². The summed E-state index contributed by atoms with van der Waals surface area (Å²) in [5, 5.41) is 11.8. The van der Waals surface area contributed by atoms with E-state index < -0.39 is 14.9 Å². The fourth-order valence-corrected chi connectivity index (χ4v) is 6.80. The first-order valence-electron chi connectivity index (χ1n) is 10.3. The molecule has 2 aliphatic heterocycles. The number of thiophene rings is 1. The van der Waals surface area contributed by atoms with E-state index in [9.17, 15) is 18.5 Å². The number of nitro benzene ring substituents is 1. The first-order valence-corrected chi connectivity index (χ1v) is 13.0. The highest BCUT2D eigenvalue weighted by atomic mass is 35.5. The first-order chi connectivity index (χ1) is 14.8. The van der Waals surface area contributed by atoms with E-state index in [1.165, 1.54) is 21.3 Å². The Bertz CT molecular complexity index is 1050. The molecule has 0 N–H and O–H groups in total. The van der Waals surface area contributed by atoms with Gasteiger partial charge in [-0.05, 0) is 37.1 Å². The molecule has 0 saturated carbocycles. The van der Waals surface area contributed by atoms with Gasteiger partial charge in [0.15, 0.2) is 0 Å². The van der Waals surface area contributed by atoms with Crippen molar-refractivity contribution in [2.24, 2.45) is 0 Å². The number of nitrogens with zero attached hydrogens (tertiary/aromatic N) is 4. The van der Waals surface area contributed by atoms with Crippen molar-refractivity contribution in [1.82, 2.24) is 9.21 Å². The van der Waals surface area contributed by atoms with E-state index in [1.54, 1.807) is 17.4 Å². The summed E-state index contributed by atoms with van der Waals surface area (Å²) in [6, 6.07) is 8.22. The molecule has 0 amide bonds. The Morgan fingerprint density at radius 3 is 2.32 bits per heavy atom. The number of anilines is 1. The van der Waals surface area contributed by atoms with Crippen LogP contribution in [0.5, 0.6) is 0 Å². The Morgan fingerprint density at radius 1 is 1.00 bits per heavy atom. The van der Waals surface area contributed by atoms with Gasteiger partial charge in [-0.2, -0.15) is 4.31 Å². The number of nitro groups is 1. The lowest BCUT2D eigenvalue weighted by Crippen LogP contribution is -2.46. The number of hydrogen-bond donors (Lipinski definition) is 0. The van der Waals surface area contributed by atoms with Crippen molar-refractivity contribution in [3.8, 4) is 0 Å². The summed E-state index contributed by atoms with van der Waals surface area (Å²) in [6.45, 7) is 4.54. The lowest BCUT2D eigenvalue weighted by atomic mass is 10.2. The van der Waals surface area contributed by atoms with Crippen LogP contribution in [-0.4, -0.2) is 61.8 Å². The number of piperidine rings is 1. The van der Waals surface area contributed by atoms with Crippen LogP contribution in [0.15, 0.2) is 35.2 Å². The Kier molecular flexibility index (Phi) is 6.83. The fraction of sp³-hybridized carbons (Fsp3) is 0.500. The van der Waals surface area contributed by atoms with Crippen molar-refractivity contribution >= 4 is 44.3 Å². The molecule has 168 valence electrons. The lowest BCUT2D eigenvalue weighted by molar-refractivity contribution is -0.384. The maximum atomic E-state index is 12.9. The monoisotopic (exact) mass is 484 g/mol. The third-order valence-corrected chi connectivity index (χ3v) is 8.93. The number of rotatable bonds is 6. The standard InChI is InChI=1S/C20H25ClN4O4S2/c21-20-7-4-16(30-20)15-22-10-12-23(13-11-22)18-6-5-17(14-19(18)25(26)27)31(28,29)24-8-2-1-3-9-24/h4-7,14H,1-3,8-13,15H2. The summed E-state index contributed by atoms with van der Waals surface area (Å²) < 4.78 is 28.1. The molecule has 0 unspecified atom stereocenters. The summed E-state index contributed by atoms with van der Waals surface area (Å²) in [6.07, 6.45) is 2.65. The third-order valence-electron chi connectivity index (χ3n) is 5.82. The Hall–Kier alpha value is -1.72. The van der Waals surface area contributed by atoms with E-state index in [-0.39, 0.29) is 10.6 Å². The molecule has 1 aromatic heterocycles. The topological polar surface area (TPSA) is 87.0 Å². The first kappa shape index (κ1) is 22.5. The highest BCUT2D eigenvalue weighted by molar-refractivity contribution is 7.89. The summed E-state index contributed by atoms with van der Waals surface area (Å²) in [4.78, 5) is 16.7. The van der Waals surface area contributed by atoms with Gasteiger partial charge in [-0.3, -0.25) is 15.0 Å². The average Bonchev–Trinajstić information content (AvgIpc) is 3.19. The molecule has 8 nitrogen and oxygen atoms in total. The maximum absolute atomic E-state index is 12.9. The Morgan fingerprint density at radius 2 is 1.71 bits per heavy atom. The van der Waals surface area contributed by atoms with Gasteiger partial charge in [0.05, 0.1) is 14.2 Å². The second-order valence-corrected chi connectivity index (χ2v) is 11.6. The third kappa shape index (κ3) is 5.04. The van der Waals surface area contributed by atoms with Gasteiger partial charge in [0, 0.05) is 56.8 Å². The largest absolute Gasteiger partial charge is 0.363 e.